The molecular formula is C12H16N6O6S4. The van der Waals surface area contributed by atoms with Crippen molar-refractivity contribution < 1.29 is 27.4 Å². The van der Waals surface area contributed by atoms with Crippen molar-refractivity contribution >= 4 is 72.6 Å². The van der Waals surface area contributed by atoms with Gasteiger partial charge in [0.05, 0.1) is 6.04 Å². The Labute approximate surface area is 173 Å². The summed E-state index contributed by atoms with van der Waals surface area (Å²) in [7, 11) is -2.00. The number of thioether (sulfide) groups is 1. The van der Waals surface area contributed by atoms with Gasteiger partial charge >= 0.3 is 10.3 Å². The van der Waals surface area contributed by atoms with Gasteiger partial charge < -0.3 is 21.2 Å². The quantitative estimate of drug-likeness (QED) is 0.124. The number of oxime groups is 1. The lowest BCUT2D eigenvalue weighted by molar-refractivity contribution is -0.143. The molecular weight excluding hydrogens is 452 g/mol. The second-order valence-corrected chi connectivity index (χ2v) is 9.05. The van der Waals surface area contributed by atoms with E-state index >= 15 is 0 Å². The van der Waals surface area contributed by atoms with Crippen LogP contribution < -0.4 is 16.4 Å². The van der Waals surface area contributed by atoms with Gasteiger partial charge in [-0.25, -0.2) is 9.29 Å². The van der Waals surface area contributed by atoms with Crippen molar-refractivity contribution in [3.63, 3.8) is 0 Å². The molecule has 154 valence electrons. The van der Waals surface area contributed by atoms with Gasteiger partial charge in [0.25, 0.3) is 11.8 Å². The molecule has 0 unspecified atom stereocenters. The number of thiocarbonyl (C=S) groups is 1. The van der Waals surface area contributed by atoms with Crippen LogP contribution in [0, 0.1) is 0 Å². The molecule has 0 saturated carbocycles. The number of hydrogen-bond donors (Lipinski definition) is 4. The molecule has 1 fully saturated rings. The smallest absolute Gasteiger partial charge is 0.362 e. The van der Waals surface area contributed by atoms with E-state index in [1.165, 1.54) is 12.5 Å². The lowest BCUT2D eigenvalue weighted by atomic mass is 10.0. The van der Waals surface area contributed by atoms with Crippen LogP contribution in [0.25, 0.3) is 0 Å². The van der Waals surface area contributed by atoms with Gasteiger partial charge in [-0.15, -0.1) is 11.3 Å². The van der Waals surface area contributed by atoms with Crippen LogP contribution in [-0.2, 0) is 24.7 Å². The molecule has 16 heteroatoms. The molecule has 2 amide bonds. The predicted molar refractivity (Wildman–Crippen MR) is 108 cm³/mol. The Balaban J connectivity index is 2.21. The van der Waals surface area contributed by atoms with Crippen LogP contribution in [0.1, 0.15) is 5.69 Å². The number of carbonyl (C=O) groups excluding carboxylic acids is 2. The van der Waals surface area contributed by atoms with Crippen LogP contribution >= 0.6 is 35.3 Å². The largest absolute Gasteiger partial charge is 0.398 e. The summed E-state index contributed by atoms with van der Waals surface area (Å²) in [5.74, 6) is -1.81. The van der Waals surface area contributed by atoms with Gasteiger partial charge in [0.15, 0.2) is 10.8 Å². The number of nitrogens with zero attached hydrogens (tertiary/aromatic N) is 3. The lowest BCUT2D eigenvalue weighted by Gasteiger charge is -2.44. The number of nitrogen functional groups attached to an aromatic ring is 1. The summed E-state index contributed by atoms with van der Waals surface area (Å²) in [6, 6.07) is -2.27. The molecule has 0 spiro atoms. The normalized spacial score (nSPS) is 19.8. The zero-order chi connectivity index (χ0) is 21.1. The van der Waals surface area contributed by atoms with Gasteiger partial charge in [-0.05, 0) is 0 Å². The fourth-order valence-electron chi connectivity index (χ4n) is 2.26. The molecule has 28 heavy (non-hydrogen) atoms. The van der Waals surface area contributed by atoms with E-state index < -0.39 is 34.2 Å². The zero-order valence-corrected chi connectivity index (χ0v) is 17.7. The molecule has 1 aromatic rings. The van der Waals surface area contributed by atoms with Gasteiger partial charge in [-0.2, -0.15) is 8.42 Å². The number of rotatable bonds is 7. The topological polar surface area (TPSA) is 176 Å². The van der Waals surface area contributed by atoms with Crippen molar-refractivity contribution in [2.24, 2.45) is 5.16 Å². The molecule has 1 aliphatic rings. The summed E-state index contributed by atoms with van der Waals surface area (Å²) in [6.45, 7) is 0. The van der Waals surface area contributed by atoms with Crippen molar-refractivity contribution in [1.29, 1.82) is 0 Å². The van der Waals surface area contributed by atoms with Crippen LogP contribution in [0.15, 0.2) is 10.5 Å². The highest BCUT2D eigenvalue weighted by Crippen LogP contribution is 2.27. The number of anilines is 1. The highest BCUT2D eigenvalue weighted by Gasteiger charge is 2.54. The standard InChI is InChI=1S/C12H16N6O6S4/c1-14-12(25)27-4-6-8(10(20)18(6)28(21,22)23)16-9(19)7(17-24-2)5-3-26-11(13)15-5/h3,6,8H,4H2,1-2H3,(H2,13,15)(H,14,25)(H,16,19)(H,21,22,23)/b17-7+/t6-,8+/m1/s1. The molecule has 2 rings (SSSR count). The highest BCUT2D eigenvalue weighted by molar-refractivity contribution is 8.23. The third kappa shape index (κ3) is 4.88. The number of nitrogens with one attached hydrogen (secondary N) is 2. The first-order valence-corrected chi connectivity index (χ1v) is 11.1. The van der Waals surface area contributed by atoms with Crippen molar-refractivity contribution in [1.82, 2.24) is 19.9 Å². The Morgan fingerprint density at radius 2 is 2.29 bits per heavy atom. The fourth-order valence-corrected chi connectivity index (χ4v) is 4.79. The second-order valence-electron chi connectivity index (χ2n) is 5.17. The maximum absolute atomic E-state index is 12.6. The van der Waals surface area contributed by atoms with Gasteiger partial charge in [-0.3, -0.25) is 14.1 Å². The van der Waals surface area contributed by atoms with E-state index in [4.69, 9.17) is 18.0 Å². The van der Waals surface area contributed by atoms with Crippen molar-refractivity contribution in [3.05, 3.63) is 11.1 Å². The van der Waals surface area contributed by atoms with E-state index in [1.54, 1.807) is 7.05 Å². The highest BCUT2D eigenvalue weighted by atomic mass is 32.2. The number of amides is 2. The molecule has 1 saturated heterocycles. The molecule has 2 atom stereocenters. The minimum Gasteiger partial charge on any atom is -0.398 e. The Bertz CT molecular complexity index is 915. The number of β-lactam (4-membered cyclic amide) rings is 1. The van der Waals surface area contributed by atoms with E-state index in [1.807, 2.05) is 0 Å². The molecule has 0 aliphatic carbocycles. The van der Waals surface area contributed by atoms with Crippen LogP contribution in [0.5, 0.6) is 0 Å². The molecule has 2 heterocycles. The average molecular weight is 469 g/mol. The minimum absolute atomic E-state index is 0.0105. The van der Waals surface area contributed by atoms with Crippen LogP contribution in [0.3, 0.4) is 0 Å². The first kappa shape index (κ1) is 22.3. The van der Waals surface area contributed by atoms with Crippen molar-refractivity contribution in [3.8, 4) is 0 Å². The predicted octanol–water partition coefficient (Wildman–Crippen LogP) is -1.19. The summed E-state index contributed by atoms with van der Waals surface area (Å²) in [5, 5.41) is 10.3. The summed E-state index contributed by atoms with van der Waals surface area (Å²) < 4.78 is 32.8. The average Bonchev–Trinajstić information content (AvgIpc) is 3.04. The molecule has 0 radical (unpaired) electrons. The minimum atomic E-state index is -4.79. The number of aromatic nitrogens is 1. The van der Waals surface area contributed by atoms with Crippen LogP contribution in [0.2, 0.25) is 0 Å². The van der Waals surface area contributed by atoms with E-state index in [-0.39, 0.29) is 26.6 Å². The Morgan fingerprint density at radius 1 is 1.61 bits per heavy atom. The summed E-state index contributed by atoms with van der Waals surface area (Å²) in [6.07, 6.45) is 0. The fraction of sp³-hybridized carbons (Fsp3) is 0.417. The number of nitrogens with two attached hydrogens (primary N) is 1. The van der Waals surface area contributed by atoms with Gasteiger partial charge in [0, 0.05) is 18.2 Å². The summed E-state index contributed by atoms with van der Waals surface area (Å²) >= 11 is 7.09. The molecule has 1 aromatic heterocycles. The van der Waals surface area contributed by atoms with Gasteiger partial charge in [-0.1, -0.05) is 29.1 Å². The van der Waals surface area contributed by atoms with E-state index in [0.29, 0.717) is 4.32 Å². The number of carbonyl (C=O) groups is 2. The van der Waals surface area contributed by atoms with E-state index in [0.717, 1.165) is 23.1 Å². The third-order valence-electron chi connectivity index (χ3n) is 3.46. The Morgan fingerprint density at radius 3 is 2.79 bits per heavy atom. The summed E-state index contributed by atoms with van der Waals surface area (Å²) in [4.78, 5) is 33.3. The van der Waals surface area contributed by atoms with Crippen molar-refractivity contribution in [2.75, 3.05) is 25.6 Å². The van der Waals surface area contributed by atoms with Crippen LogP contribution in [0.4, 0.5) is 5.13 Å². The first-order chi connectivity index (χ1) is 13.1. The Kier molecular flexibility index (Phi) is 7.16. The third-order valence-corrected chi connectivity index (χ3v) is 6.61. The number of hydrogen-bond acceptors (Lipinski definition) is 11. The molecule has 12 nitrogen and oxygen atoms in total. The van der Waals surface area contributed by atoms with Gasteiger partial charge in [0.1, 0.15) is 23.2 Å². The van der Waals surface area contributed by atoms with E-state index in [2.05, 4.69) is 25.6 Å². The lowest BCUT2D eigenvalue weighted by Crippen LogP contribution is -2.73. The second kappa shape index (κ2) is 8.99. The van der Waals surface area contributed by atoms with Gasteiger partial charge in [0.2, 0.25) is 0 Å². The molecule has 5 N–H and O–H groups in total. The molecule has 1 aliphatic heterocycles. The zero-order valence-electron chi connectivity index (χ0n) is 14.5. The van der Waals surface area contributed by atoms with E-state index in [9.17, 15) is 22.6 Å². The number of thiazole rings is 1. The molecule has 0 aromatic carbocycles. The van der Waals surface area contributed by atoms with Crippen LogP contribution in [-0.4, -0.2) is 76.1 Å². The maximum atomic E-state index is 12.6. The Hall–Kier alpha value is -2.01. The van der Waals surface area contributed by atoms with Crippen molar-refractivity contribution in [2.45, 2.75) is 12.1 Å². The molecule has 0 bridgehead atoms. The SMILES string of the molecule is CNC(=S)SC[C@@H]1[C@H](NC(=O)/C(=N/OC)c2csc(N)n2)C(=O)N1S(=O)(=O)O. The maximum Gasteiger partial charge on any atom is 0.362 e. The first-order valence-electron chi connectivity index (χ1n) is 7.38. The summed E-state index contributed by atoms with van der Waals surface area (Å²) in [5.41, 5.74) is 5.43. The monoisotopic (exact) mass is 468 g/mol.